The zero-order valence-electron chi connectivity index (χ0n) is 11.6. The van der Waals surface area contributed by atoms with Crippen molar-refractivity contribution in [2.45, 2.75) is 32.9 Å². The van der Waals surface area contributed by atoms with Crippen molar-refractivity contribution >= 4 is 17.0 Å². The maximum absolute atomic E-state index is 5.72. The Morgan fingerprint density at radius 1 is 1.28 bits per heavy atom. The minimum atomic E-state index is 0.0354. The van der Waals surface area contributed by atoms with E-state index in [2.05, 4.69) is 43.4 Å². The molecule has 4 heteroatoms. The van der Waals surface area contributed by atoms with Crippen molar-refractivity contribution in [3.05, 3.63) is 24.3 Å². The van der Waals surface area contributed by atoms with E-state index in [1.165, 1.54) is 0 Å². The van der Waals surface area contributed by atoms with E-state index in [9.17, 15) is 0 Å². The van der Waals surface area contributed by atoms with Gasteiger partial charge in [-0.1, -0.05) is 12.1 Å². The summed E-state index contributed by atoms with van der Waals surface area (Å²) in [5, 5.41) is 0. The molecule has 0 fully saturated rings. The normalized spacial score (nSPS) is 12.1. The van der Waals surface area contributed by atoms with Crippen molar-refractivity contribution in [2.75, 3.05) is 18.5 Å². The van der Waals surface area contributed by atoms with Gasteiger partial charge in [0.15, 0.2) is 0 Å². The number of hydrogen-bond acceptors (Lipinski definition) is 3. The van der Waals surface area contributed by atoms with Gasteiger partial charge in [-0.2, -0.15) is 0 Å². The van der Waals surface area contributed by atoms with Crippen molar-refractivity contribution in [3.63, 3.8) is 0 Å². The van der Waals surface area contributed by atoms with Crippen LogP contribution in [0.2, 0.25) is 0 Å². The Morgan fingerprint density at radius 3 is 2.56 bits per heavy atom. The van der Waals surface area contributed by atoms with Gasteiger partial charge in [0, 0.05) is 25.7 Å². The van der Waals surface area contributed by atoms with Gasteiger partial charge in [0.2, 0.25) is 5.95 Å². The van der Waals surface area contributed by atoms with Crippen LogP contribution in [-0.4, -0.2) is 28.7 Å². The van der Waals surface area contributed by atoms with Crippen LogP contribution in [-0.2, 0) is 6.54 Å². The molecule has 4 nitrogen and oxygen atoms in total. The zero-order valence-corrected chi connectivity index (χ0v) is 11.6. The Bertz CT molecular complexity index is 536. The Hall–Kier alpha value is -1.55. The molecule has 0 saturated heterocycles. The van der Waals surface area contributed by atoms with Crippen LogP contribution in [0.3, 0.4) is 0 Å². The molecule has 2 N–H and O–H groups in total. The highest BCUT2D eigenvalue weighted by Gasteiger charge is 2.22. The van der Waals surface area contributed by atoms with Gasteiger partial charge in [0.05, 0.1) is 11.0 Å². The molecule has 2 aromatic rings. The molecule has 0 bridgehead atoms. The summed E-state index contributed by atoms with van der Waals surface area (Å²) in [5.41, 5.74) is 7.93. The van der Waals surface area contributed by atoms with Gasteiger partial charge >= 0.3 is 0 Å². The van der Waals surface area contributed by atoms with Gasteiger partial charge in [-0.05, 0) is 32.9 Å². The quantitative estimate of drug-likeness (QED) is 0.903. The summed E-state index contributed by atoms with van der Waals surface area (Å²) in [4.78, 5) is 6.93. The third-order valence-electron chi connectivity index (χ3n) is 3.29. The van der Waals surface area contributed by atoms with Crippen LogP contribution in [0.5, 0.6) is 0 Å². The molecule has 1 heterocycles. The molecule has 0 spiro atoms. The third kappa shape index (κ3) is 2.20. The monoisotopic (exact) mass is 246 g/mol. The fourth-order valence-electron chi connectivity index (χ4n) is 1.97. The highest BCUT2D eigenvalue weighted by molar-refractivity contribution is 5.78. The van der Waals surface area contributed by atoms with Gasteiger partial charge in [-0.25, -0.2) is 4.98 Å². The number of nitrogens with zero attached hydrogens (tertiary/aromatic N) is 3. The third-order valence-corrected chi connectivity index (χ3v) is 3.29. The number of imidazole rings is 1. The maximum Gasteiger partial charge on any atom is 0.206 e. The first-order valence-corrected chi connectivity index (χ1v) is 6.34. The van der Waals surface area contributed by atoms with E-state index in [0.717, 1.165) is 23.5 Å². The fourth-order valence-corrected chi connectivity index (χ4v) is 1.97. The van der Waals surface area contributed by atoms with Gasteiger partial charge in [-0.3, -0.25) is 0 Å². The smallest absolute Gasteiger partial charge is 0.206 e. The standard InChI is InChI=1S/C14H22N4/c1-14(2,3)17(4)13-16-11-7-5-6-8-12(11)18(13)10-9-15/h5-8H,9-10,15H2,1-4H3. The van der Waals surface area contributed by atoms with Crippen molar-refractivity contribution in [1.29, 1.82) is 0 Å². The van der Waals surface area contributed by atoms with Crippen molar-refractivity contribution in [3.8, 4) is 0 Å². The molecule has 98 valence electrons. The van der Waals surface area contributed by atoms with Gasteiger partial charge in [-0.15, -0.1) is 0 Å². The van der Waals surface area contributed by atoms with Crippen LogP contribution in [0.15, 0.2) is 24.3 Å². The van der Waals surface area contributed by atoms with E-state index in [1.54, 1.807) is 0 Å². The Morgan fingerprint density at radius 2 is 1.94 bits per heavy atom. The van der Waals surface area contributed by atoms with Crippen LogP contribution in [0, 0.1) is 0 Å². The molecule has 18 heavy (non-hydrogen) atoms. The Balaban J connectivity index is 2.59. The van der Waals surface area contributed by atoms with E-state index >= 15 is 0 Å². The summed E-state index contributed by atoms with van der Waals surface area (Å²) < 4.78 is 2.20. The predicted octanol–water partition coefficient (Wildman–Crippen LogP) is 2.23. The molecule has 0 radical (unpaired) electrons. The average Bonchev–Trinajstić information content (AvgIpc) is 2.67. The SMILES string of the molecule is CN(c1nc2ccccc2n1CCN)C(C)(C)C. The largest absolute Gasteiger partial charge is 0.340 e. The summed E-state index contributed by atoms with van der Waals surface area (Å²) in [5.74, 6) is 0.981. The van der Waals surface area contributed by atoms with E-state index in [0.29, 0.717) is 6.54 Å². The Kier molecular flexibility index (Phi) is 3.30. The molecule has 1 aromatic heterocycles. The minimum Gasteiger partial charge on any atom is -0.340 e. The number of rotatable bonds is 3. The second-order valence-corrected chi connectivity index (χ2v) is 5.57. The lowest BCUT2D eigenvalue weighted by molar-refractivity contribution is 0.517. The number of aromatic nitrogens is 2. The van der Waals surface area contributed by atoms with Crippen LogP contribution in [0.1, 0.15) is 20.8 Å². The van der Waals surface area contributed by atoms with E-state index < -0.39 is 0 Å². The molecule has 1 aromatic carbocycles. The van der Waals surface area contributed by atoms with Gasteiger partial charge in [0.25, 0.3) is 0 Å². The molecule has 0 atom stereocenters. The lowest BCUT2D eigenvalue weighted by atomic mass is 10.1. The summed E-state index contributed by atoms with van der Waals surface area (Å²) in [6.07, 6.45) is 0. The molecular weight excluding hydrogens is 224 g/mol. The predicted molar refractivity (Wildman–Crippen MR) is 76.9 cm³/mol. The van der Waals surface area contributed by atoms with Crippen molar-refractivity contribution in [2.24, 2.45) is 5.73 Å². The summed E-state index contributed by atoms with van der Waals surface area (Å²) in [6, 6.07) is 8.20. The molecule has 0 amide bonds. The number of nitrogens with two attached hydrogens (primary N) is 1. The van der Waals surface area contributed by atoms with Crippen LogP contribution in [0.25, 0.3) is 11.0 Å². The van der Waals surface area contributed by atoms with Crippen molar-refractivity contribution < 1.29 is 0 Å². The van der Waals surface area contributed by atoms with E-state index in [1.807, 2.05) is 18.2 Å². The fraction of sp³-hybridized carbons (Fsp3) is 0.500. The second-order valence-electron chi connectivity index (χ2n) is 5.57. The first kappa shape index (κ1) is 12.9. The zero-order chi connectivity index (χ0) is 13.3. The summed E-state index contributed by atoms with van der Waals surface area (Å²) in [7, 11) is 2.08. The average molecular weight is 246 g/mol. The van der Waals surface area contributed by atoms with Crippen LogP contribution >= 0.6 is 0 Å². The molecule has 0 aliphatic heterocycles. The highest BCUT2D eigenvalue weighted by atomic mass is 15.3. The maximum atomic E-state index is 5.72. The highest BCUT2D eigenvalue weighted by Crippen LogP contribution is 2.26. The van der Waals surface area contributed by atoms with E-state index in [-0.39, 0.29) is 5.54 Å². The molecule has 2 rings (SSSR count). The number of hydrogen-bond donors (Lipinski definition) is 1. The number of anilines is 1. The summed E-state index contributed by atoms with van der Waals surface area (Å²) >= 11 is 0. The molecule has 0 aliphatic carbocycles. The first-order chi connectivity index (χ1) is 8.45. The number of benzene rings is 1. The van der Waals surface area contributed by atoms with E-state index in [4.69, 9.17) is 10.7 Å². The lowest BCUT2D eigenvalue weighted by Crippen LogP contribution is -2.40. The molecule has 0 aliphatic rings. The minimum absolute atomic E-state index is 0.0354. The van der Waals surface area contributed by atoms with Crippen LogP contribution < -0.4 is 10.6 Å². The number of para-hydroxylation sites is 2. The molecule has 0 saturated carbocycles. The second kappa shape index (κ2) is 4.61. The number of fused-ring (bicyclic) bond motifs is 1. The molecule has 0 unspecified atom stereocenters. The Labute approximate surface area is 108 Å². The first-order valence-electron chi connectivity index (χ1n) is 6.34. The van der Waals surface area contributed by atoms with Crippen molar-refractivity contribution in [1.82, 2.24) is 9.55 Å². The topological polar surface area (TPSA) is 47.1 Å². The van der Waals surface area contributed by atoms with Gasteiger partial charge < -0.3 is 15.2 Å². The lowest BCUT2D eigenvalue weighted by Gasteiger charge is -2.33. The van der Waals surface area contributed by atoms with Crippen LogP contribution in [0.4, 0.5) is 5.95 Å². The van der Waals surface area contributed by atoms with Gasteiger partial charge in [0.1, 0.15) is 0 Å². The summed E-state index contributed by atoms with van der Waals surface area (Å²) in [6.45, 7) is 7.94. The molecular formula is C14H22N4.